The lowest BCUT2D eigenvalue weighted by molar-refractivity contribution is -0.140. The van der Waals surface area contributed by atoms with E-state index in [0.29, 0.717) is 33.8 Å². The maximum absolute atomic E-state index is 13.5. The molecule has 0 bridgehead atoms. The van der Waals surface area contributed by atoms with Crippen molar-refractivity contribution in [3.05, 3.63) is 64.3 Å². The molecule has 6 nitrogen and oxygen atoms in total. The number of nitrogens with one attached hydrogen (secondary N) is 2. The van der Waals surface area contributed by atoms with Crippen molar-refractivity contribution >= 4 is 45.4 Å². The number of halogens is 4. The van der Waals surface area contributed by atoms with Gasteiger partial charge in [0.2, 0.25) is 0 Å². The van der Waals surface area contributed by atoms with Crippen molar-refractivity contribution < 1.29 is 18.0 Å². The van der Waals surface area contributed by atoms with Crippen LogP contribution in [-0.2, 0) is 13.2 Å². The third-order valence-electron chi connectivity index (χ3n) is 6.26. The summed E-state index contributed by atoms with van der Waals surface area (Å²) in [5, 5.41) is 13.7. The van der Waals surface area contributed by atoms with E-state index in [2.05, 4.69) is 20.7 Å². The van der Waals surface area contributed by atoms with E-state index in [1.807, 2.05) is 17.5 Å². The van der Waals surface area contributed by atoms with Crippen molar-refractivity contribution in [1.29, 1.82) is 0 Å². The fourth-order valence-corrected chi connectivity index (χ4v) is 5.54. The number of carbonyl (C=O) groups excluding carboxylic acids is 1. The Morgan fingerprint density at radius 3 is 2.75 bits per heavy atom. The van der Waals surface area contributed by atoms with Gasteiger partial charge in [0.25, 0.3) is 5.91 Å². The summed E-state index contributed by atoms with van der Waals surface area (Å²) in [4.78, 5) is 17.8. The van der Waals surface area contributed by atoms with Crippen LogP contribution in [0.2, 0.25) is 5.02 Å². The van der Waals surface area contributed by atoms with Gasteiger partial charge in [0, 0.05) is 41.4 Å². The molecule has 11 heteroatoms. The number of fused-ring (bicyclic) bond motifs is 1. The first kappa shape index (κ1) is 24.6. The predicted octanol–water partition coefficient (Wildman–Crippen LogP) is 6.52. The van der Waals surface area contributed by atoms with Gasteiger partial charge in [0.05, 0.1) is 16.0 Å². The second-order valence-corrected chi connectivity index (χ2v) is 10.3. The summed E-state index contributed by atoms with van der Waals surface area (Å²) < 4.78 is 42.1. The number of nitrogens with zero attached hydrogens (tertiary/aromatic N) is 3. The fourth-order valence-electron chi connectivity index (χ4n) is 4.65. The number of anilines is 1. The molecule has 0 aliphatic heterocycles. The number of hydrogen-bond donors (Lipinski definition) is 2. The summed E-state index contributed by atoms with van der Waals surface area (Å²) >= 11 is 7.63. The molecule has 1 amide bonds. The SMILES string of the molecule is Cn1cc(C(=O)N[C@@H]2CCC[C@H](Nc3cc(C(F)(F)F)nc4ccc(Cl)cc34)C2)c(-c2cccs2)n1. The van der Waals surface area contributed by atoms with E-state index < -0.39 is 11.9 Å². The molecule has 2 N–H and O–H groups in total. The summed E-state index contributed by atoms with van der Waals surface area (Å²) in [5.41, 5.74) is 0.724. The van der Waals surface area contributed by atoms with Crippen LogP contribution < -0.4 is 10.6 Å². The highest BCUT2D eigenvalue weighted by molar-refractivity contribution is 7.13. The van der Waals surface area contributed by atoms with E-state index in [4.69, 9.17) is 11.6 Å². The molecule has 1 saturated carbocycles. The molecule has 1 fully saturated rings. The first-order chi connectivity index (χ1) is 17.2. The van der Waals surface area contributed by atoms with Crippen LogP contribution in [-0.4, -0.2) is 32.8 Å². The monoisotopic (exact) mass is 533 g/mol. The molecule has 3 heterocycles. The van der Waals surface area contributed by atoms with E-state index in [1.54, 1.807) is 24.0 Å². The molecule has 0 spiro atoms. The lowest BCUT2D eigenvalue weighted by atomic mass is 9.90. The Morgan fingerprint density at radius 2 is 2.00 bits per heavy atom. The number of amides is 1. The number of aryl methyl sites for hydroxylation is 1. The standard InChI is InChI=1S/C25H23ClF3N5OS/c1-34-13-18(23(33-34)21-6-3-9-36-21)24(35)31-16-5-2-4-15(11-16)30-20-12-22(25(27,28)29)32-19-8-7-14(26)10-17(19)20/h3,6-10,12-13,15-16H,2,4-5,11H2,1H3,(H,30,32)(H,31,35)/t15-,16+/m0/s1. The molecular formula is C25H23ClF3N5OS. The molecule has 1 aromatic carbocycles. The molecule has 188 valence electrons. The number of hydrogen-bond acceptors (Lipinski definition) is 5. The highest BCUT2D eigenvalue weighted by Gasteiger charge is 2.34. The van der Waals surface area contributed by atoms with Gasteiger partial charge in [0.1, 0.15) is 11.4 Å². The fraction of sp³-hybridized carbons (Fsp3) is 0.320. The Bertz CT molecular complexity index is 1400. The summed E-state index contributed by atoms with van der Waals surface area (Å²) in [5.74, 6) is -0.211. The topological polar surface area (TPSA) is 71.8 Å². The maximum atomic E-state index is 13.5. The molecule has 2 atom stereocenters. The van der Waals surface area contributed by atoms with E-state index in [9.17, 15) is 18.0 Å². The number of pyridine rings is 1. The van der Waals surface area contributed by atoms with Gasteiger partial charge in [-0.15, -0.1) is 11.3 Å². The molecule has 36 heavy (non-hydrogen) atoms. The third kappa shape index (κ3) is 5.19. The Labute approximate surface area is 214 Å². The summed E-state index contributed by atoms with van der Waals surface area (Å²) in [7, 11) is 1.77. The Morgan fingerprint density at radius 1 is 1.19 bits per heavy atom. The van der Waals surface area contributed by atoms with Crippen LogP contribution in [0.15, 0.2) is 48.0 Å². The molecule has 1 aliphatic rings. The van der Waals surface area contributed by atoms with Crippen molar-refractivity contribution in [2.24, 2.45) is 7.05 Å². The summed E-state index contributed by atoms with van der Waals surface area (Å²) in [6, 6.07) is 9.24. The maximum Gasteiger partial charge on any atom is 0.433 e. The molecular weight excluding hydrogens is 511 g/mol. The van der Waals surface area contributed by atoms with Crippen molar-refractivity contribution in [1.82, 2.24) is 20.1 Å². The van der Waals surface area contributed by atoms with Gasteiger partial charge in [-0.25, -0.2) is 4.98 Å². The van der Waals surface area contributed by atoms with Crippen LogP contribution in [0.25, 0.3) is 21.5 Å². The minimum atomic E-state index is -4.57. The Kier molecular flexibility index (Phi) is 6.65. The molecule has 3 aromatic heterocycles. The number of aromatic nitrogens is 3. The van der Waals surface area contributed by atoms with Crippen LogP contribution in [0, 0.1) is 0 Å². The van der Waals surface area contributed by atoms with Crippen LogP contribution in [0.1, 0.15) is 41.7 Å². The second-order valence-electron chi connectivity index (χ2n) is 8.93. The zero-order chi connectivity index (χ0) is 25.4. The van der Waals surface area contributed by atoms with E-state index in [-0.39, 0.29) is 23.5 Å². The quantitative estimate of drug-likeness (QED) is 0.306. The zero-order valence-electron chi connectivity index (χ0n) is 19.3. The lowest BCUT2D eigenvalue weighted by Gasteiger charge is -2.31. The van der Waals surface area contributed by atoms with Gasteiger partial charge in [0.15, 0.2) is 0 Å². The van der Waals surface area contributed by atoms with E-state index in [1.165, 1.54) is 23.5 Å². The van der Waals surface area contributed by atoms with E-state index >= 15 is 0 Å². The highest BCUT2D eigenvalue weighted by Crippen LogP contribution is 2.35. The predicted molar refractivity (Wildman–Crippen MR) is 135 cm³/mol. The first-order valence-electron chi connectivity index (χ1n) is 11.5. The Balaban J connectivity index is 1.35. The average Bonchev–Trinajstić information content (AvgIpc) is 3.48. The number of rotatable bonds is 5. The van der Waals surface area contributed by atoms with Gasteiger partial charge >= 0.3 is 6.18 Å². The van der Waals surface area contributed by atoms with E-state index in [0.717, 1.165) is 30.2 Å². The van der Waals surface area contributed by atoms with Crippen LogP contribution in [0.3, 0.4) is 0 Å². The van der Waals surface area contributed by atoms with Crippen molar-refractivity contribution in [2.75, 3.05) is 5.32 Å². The molecule has 4 aromatic rings. The Hall–Kier alpha value is -3.11. The van der Waals surface area contributed by atoms with Crippen molar-refractivity contribution in [3.8, 4) is 10.6 Å². The summed E-state index contributed by atoms with van der Waals surface area (Å²) in [6.07, 6.45) is 0.0852. The average molecular weight is 534 g/mol. The first-order valence-corrected chi connectivity index (χ1v) is 12.8. The third-order valence-corrected chi connectivity index (χ3v) is 7.37. The van der Waals surface area contributed by atoms with Crippen LogP contribution in [0.5, 0.6) is 0 Å². The van der Waals surface area contributed by atoms with Gasteiger partial charge in [-0.2, -0.15) is 18.3 Å². The van der Waals surface area contributed by atoms with Crippen molar-refractivity contribution in [2.45, 2.75) is 43.9 Å². The second kappa shape index (κ2) is 9.74. The molecule has 1 aliphatic carbocycles. The van der Waals surface area contributed by atoms with Gasteiger partial charge in [-0.1, -0.05) is 17.7 Å². The lowest BCUT2D eigenvalue weighted by Crippen LogP contribution is -2.41. The molecule has 0 radical (unpaired) electrons. The zero-order valence-corrected chi connectivity index (χ0v) is 20.8. The molecule has 5 rings (SSSR count). The minimum Gasteiger partial charge on any atom is -0.382 e. The number of thiophene rings is 1. The van der Waals surface area contributed by atoms with Gasteiger partial charge in [-0.05, 0) is 61.4 Å². The minimum absolute atomic E-state index is 0.125. The highest BCUT2D eigenvalue weighted by atomic mass is 35.5. The van der Waals surface area contributed by atoms with Gasteiger partial charge < -0.3 is 10.6 Å². The van der Waals surface area contributed by atoms with Crippen molar-refractivity contribution in [3.63, 3.8) is 0 Å². The van der Waals surface area contributed by atoms with Crippen LogP contribution in [0.4, 0.5) is 18.9 Å². The summed E-state index contributed by atoms with van der Waals surface area (Å²) in [6.45, 7) is 0. The normalized spacial score (nSPS) is 18.4. The number of benzene rings is 1. The molecule has 0 saturated heterocycles. The largest absolute Gasteiger partial charge is 0.433 e. The molecule has 0 unspecified atom stereocenters. The number of carbonyl (C=O) groups is 1. The smallest absolute Gasteiger partial charge is 0.382 e. The van der Waals surface area contributed by atoms with Crippen LogP contribution >= 0.6 is 22.9 Å². The number of alkyl halides is 3. The van der Waals surface area contributed by atoms with Gasteiger partial charge in [-0.3, -0.25) is 9.48 Å².